The predicted octanol–water partition coefficient (Wildman–Crippen LogP) is 2.14. The van der Waals surface area contributed by atoms with Crippen LogP contribution in [0.15, 0.2) is 16.6 Å². The Kier molecular flexibility index (Phi) is 3.97. The van der Waals surface area contributed by atoms with Gasteiger partial charge in [-0.3, -0.25) is 0 Å². The average Bonchev–Trinajstić information content (AvgIpc) is 2.11. The number of benzene rings is 1. The van der Waals surface area contributed by atoms with Crippen LogP contribution in [-0.4, -0.2) is 16.8 Å². The Labute approximate surface area is 88.3 Å². The van der Waals surface area contributed by atoms with Gasteiger partial charge >= 0.3 is 0 Å². The summed E-state index contributed by atoms with van der Waals surface area (Å²) < 4.78 is 26.1. The standard InChI is InChI=1S/C9H9BrF2O2/c10-6-4-7(11)5(3-8(6)12)9(14)1-2-13/h3-4,9,13-14H,1-2H2/t9-/m0/s1. The van der Waals surface area contributed by atoms with Gasteiger partial charge in [0, 0.05) is 18.6 Å². The summed E-state index contributed by atoms with van der Waals surface area (Å²) in [5, 5.41) is 17.9. The second kappa shape index (κ2) is 4.82. The van der Waals surface area contributed by atoms with Gasteiger partial charge in [0.15, 0.2) is 0 Å². The fourth-order valence-corrected chi connectivity index (χ4v) is 1.39. The lowest BCUT2D eigenvalue weighted by atomic mass is 10.1. The van der Waals surface area contributed by atoms with Crippen molar-refractivity contribution in [3.8, 4) is 0 Å². The minimum atomic E-state index is -1.18. The van der Waals surface area contributed by atoms with Crippen LogP contribution in [0.1, 0.15) is 18.1 Å². The highest BCUT2D eigenvalue weighted by Crippen LogP contribution is 2.25. The summed E-state index contributed by atoms with van der Waals surface area (Å²) in [5.41, 5.74) is -0.139. The molecule has 0 fully saturated rings. The highest BCUT2D eigenvalue weighted by Gasteiger charge is 2.15. The topological polar surface area (TPSA) is 40.5 Å². The zero-order chi connectivity index (χ0) is 10.7. The summed E-state index contributed by atoms with van der Waals surface area (Å²) in [4.78, 5) is 0. The van der Waals surface area contributed by atoms with E-state index >= 15 is 0 Å². The fraction of sp³-hybridized carbons (Fsp3) is 0.333. The van der Waals surface area contributed by atoms with Crippen LogP contribution in [0.25, 0.3) is 0 Å². The van der Waals surface area contributed by atoms with Gasteiger partial charge in [0.05, 0.1) is 10.6 Å². The molecule has 0 aliphatic rings. The molecule has 1 rings (SSSR count). The zero-order valence-corrected chi connectivity index (χ0v) is 8.76. The number of hydrogen-bond acceptors (Lipinski definition) is 2. The van der Waals surface area contributed by atoms with Crippen LogP contribution in [0.2, 0.25) is 0 Å². The first-order valence-corrected chi connectivity index (χ1v) is 4.79. The molecule has 1 aromatic carbocycles. The van der Waals surface area contributed by atoms with Crippen LogP contribution in [0.5, 0.6) is 0 Å². The summed E-state index contributed by atoms with van der Waals surface area (Å²) in [6.45, 7) is -0.279. The number of aliphatic hydroxyl groups is 2. The van der Waals surface area contributed by atoms with E-state index in [1.165, 1.54) is 0 Å². The van der Waals surface area contributed by atoms with Gasteiger partial charge in [0.2, 0.25) is 0 Å². The maximum Gasteiger partial charge on any atom is 0.137 e. The molecular weight excluding hydrogens is 258 g/mol. The van der Waals surface area contributed by atoms with E-state index in [9.17, 15) is 13.9 Å². The molecule has 0 spiro atoms. The van der Waals surface area contributed by atoms with Crippen molar-refractivity contribution in [2.24, 2.45) is 0 Å². The smallest absolute Gasteiger partial charge is 0.137 e. The largest absolute Gasteiger partial charge is 0.396 e. The summed E-state index contributed by atoms with van der Waals surface area (Å²) in [7, 11) is 0. The van der Waals surface area contributed by atoms with E-state index in [0.29, 0.717) is 0 Å². The average molecular weight is 267 g/mol. The first-order chi connectivity index (χ1) is 6.56. The van der Waals surface area contributed by atoms with E-state index in [0.717, 1.165) is 12.1 Å². The van der Waals surface area contributed by atoms with Gasteiger partial charge < -0.3 is 10.2 Å². The van der Waals surface area contributed by atoms with Gasteiger partial charge in [-0.15, -0.1) is 0 Å². The van der Waals surface area contributed by atoms with Crippen LogP contribution in [-0.2, 0) is 0 Å². The van der Waals surface area contributed by atoms with Crippen LogP contribution >= 0.6 is 15.9 Å². The van der Waals surface area contributed by atoms with Gasteiger partial charge in [0.25, 0.3) is 0 Å². The van der Waals surface area contributed by atoms with Gasteiger partial charge in [-0.2, -0.15) is 0 Å². The number of rotatable bonds is 3. The van der Waals surface area contributed by atoms with Crippen molar-refractivity contribution in [3.05, 3.63) is 33.8 Å². The van der Waals surface area contributed by atoms with Crippen molar-refractivity contribution >= 4 is 15.9 Å². The second-order valence-corrected chi connectivity index (χ2v) is 3.67. The molecule has 0 bridgehead atoms. The zero-order valence-electron chi connectivity index (χ0n) is 7.17. The monoisotopic (exact) mass is 266 g/mol. The van der Waals surface area contributed by atoms with E-state index in [1.54, 1.807) is 0 Å². The fourth-order valence-electron chi connectivity index (χ4n) is 1.07. The molecule has 0 saturated heterocycles. The molecule has 0 radical (unpaired) electrons. The molecule has 0 amide bonds. The first kappa shape index (κ1) is 11.6. The molecule has 2 nitrogen and oxygen atoms in total. The summed E-state index contributed by atoms with van der Waals surface area (Å²) in [6, 6.07) is 1.87. The molecule has 0 aliphatic heterocycles. The third-order valence-corrected chi connectivity index (χ3v) is 2.41. The third-order valence-electron chi connectivity index (χ3n) is 1.80. The number of halogens is 3. The molecule has 0 aliphatic carbocycles. The van der Waals surface area contributed by atoms with Gasteiger partial charge in [-0.05, 0) is 28.1 Å². The molecule has 78 valence electrons. The first-order valence-electron chi connectivity index (χ1n) is 3.99. The van der Waals surface area contributed by atoms with E-state index in [1.807, 2.05) is 0 Å². The normalized spacial score (nSPS) is 12.9. The molecule has 0 unspecified atom stereocenters. The van der Waals surface area contributed by atoms with Crippen LogP contribution < -0.4 is 0 Å². The van der Waals surface area contributed by atoms with Gasteiger partial charge in [0.1, 0.15) is 11.6 Å². The summed E-state index contributed by atoms with van der Waals surface area (Å²) in [5.74, 6) is -1.34. The minimum Gasteiger partial charge on any atom is -0.396 e. The predicted molar refractivity (Wildman–Crippen MR) is 50.7 cm³/mol. The van der Waals surface area contributed by atoms with Crippen molar-refractivity contribution in [2.45, 2.75) is 12.5 Å². The van der Waals surface area contributed by atoms with Crippen LogP contribution in [0.4, 0.5) is 8.78 Å². The van der Waals surface area contributed by atoms with Crippen LogP contribution in [0, 0.1) is 11.6 Å². The number of aliphatic hydroxyl groups excluding tert-OH is 2. The van der Waals surface area contributed by atoms with Crippen molar-refractivity contribution in [1.82, 2.24) is 0 Å². The molecular formula is C9H9BrF2O2. The molecule has 1 atom stereocenters. The minimum absolute atomic E-state index is 0.00921. The van der Waals surface area contributed by atoms with Crippen molar-refractivity contribution < 1.29 is 19.0 Å². The molecule has 2 N–H and O–H groups in total. The second-order valence-electron chi connectivity index (χ2n) is 2.82. The Morgan fingerprint density at radius 2 is 1.93 bits per heavy atom. The lowest BCUT2D eigenvalue weighted by molar-refractivity contribution is 0.130. The Morgan fingerprint density at radius 1 is 1.29 bits per heavy atom. The van der Waals surface area contributed by atoms with Crippen LogP contribution in [0.3, 0.4) is 0 Å². The summed E-state index contributed by atoms with van der Waals surface area (Å²) in [6.07, 6.45) is -1.19. The molecule has 5 heteroatoms. The van der Waals surface area contributed by atoms with E-state index in [4.69, 9.17) is 5.11 Å². The van der Waals surface area contributed by atoms with Crippen molar-refractivity contribution in [2.75, 3.05) is 6.61 Å². The quantitative estimate of drug-likeness (QED) is 0.824. The molecule has 0 heterocycles. The molecule has 1 aromatic rings. The van der Waals surface area contributed by atoms with Crippen molar-refractivity contribution in [1.29, 1.82) is 0 Å². The SMILES string of the molecule is OCC[C@H](O)c1cc(F)c(Br)cc1F. The maximum atomic E-state index is 13.2. The van der Waals surface area contributed by atoms with E-state index in [2.05, 4.69) is 15.9 Å². The molecule has 14 heavy (non-hydrogen) atoms. The van der Waals surface area contributed by atoms with Crippen molar-refractivity contribution in [3.63, 3.8) is 0 Å². The maximum absolute atomic E-state index is 13.2. The highest BCUT2D eigenvalue weighted by molar-refractivity contribution is 9.10. The molecule has 0 saturated carbocycles. The van der Waals surface area contributed by atoms with E-state index in [-0.39, 0.29) is 23.1 Å². The Hall–Kier alpha value is -0.520. The molecule has 0 aromatic heterocycles. The lowest BCUT2D eigenvalue weighted by Gasteiger charge is -2.10. The van der Waals surface area contributed by atoms with Gasteiger partial charge in [-0.1, -0.05) is 0 Å². The Bertz CT molecular complexity index is 331. The highest BCUT2D eigenvalue weighted by atomic mass is 79.9. The number of hydrogen-bond donors (Lipinski definition) is 2. The summed E-state index contributed by atoms with van der Waals surface area (Å²) >= 11 is 2.82. The van der Waals surface area contributed by atoms with Gasteiger partial charge in [-0.25, -0.2) is 8.78 Å². The lowest BCUT2D eigenvalue weighted by Crippen LogP contribution is -2.04. The van der Waals surface area contributed by atoms with E-state index < -0.39 is 17.7 Å². The third kappa shape index (κ3) is 2.50. The Balaban J connectivity index is 3.02. The Morgan fingerprint density at radius 3 is 2.50 bits per heavy atom.